The van der Waals surface area contributed by atoms with Gasteiger partial charge in [0.25, 0.3) is 11.1 Å². The number of hydrogen-bond acceptors (Lipinski definition) is 5. The molecular formula is C24H18N4O2S. The van der Waals surface area contributed by atoms with Crippen molar-refractivity contribution in [2.24, 2.45) is 0 Å². The predicted molar refractivity (Wildman–Crippen MR) is 122 cm³/mol. The Labute approximate surface area is 182 Å². The van der Waals surface area contributed by atoms with Crippen molar-refractivity contribution >= 4 is 34.5 Å². The van der Waals surface area contributed by atoms with Gasteiger partial charge >= 0.3 is 0 Å². The zero-order valence-electron chi connectivity index (χ0n) is 16.4. The van der Waals surface area contributed by atoms with E-state index in [1.54, 1.807) is 12.4 Å². The fourth-order valence-electron chi connectivity index (χ4n) is 3.25. The van der Waals surface area contributed by atoms with Crippen LogP contribution in [0.2, 0.25) is 0 Å². The summed E-state index contributed by atoms with van der Waals surface area (Å²) in [7, 11) is 0. The highest BCUT2D eigenvalue weighted by Gasteiger charge is 2.13. The molecule has 2 heterocycles. The Morgan fingerprint density at radius 2 is 1.81 bits per heavy atom. The largest absolute Gasteiger partial charge is 0.431 e. The normalized spacial score (nSPS) is 11.0. The first-order valence-electron chi connectivity index (χ1n) is 9.74. The van der Waals surface area contributed by atoms with Gasteiger partial charge in [-0.05, 0) is 48.0 Å². The van der Waals surface area contributed by atoms with Crippen LogP contribution in [0.5, 0.6) is 0 Å². The molecule has 2 aromatic heterocycles. The van der Waals surface area contributed by atoms with Crippen LogP contribution < -0.4 is 5.32 Å². The molecule has 0 saturated carbocycles. The molecule has 0 radical (unpaired) electrons. The van der Waals surface area contributed by atoms with Crippen molar-refractivity contribution < 1.29 is 9.21 Å². The number of carbonyl (C=O) groups is 1. The number of H-pyrrole nitrogens is 1. The third-order valence-electron chi connectivity index (χ3n) is 4.80. The SMILES string of the molecule is O=C(Nc1ccc(-c2ncc[nH]2)cc1)c1ccccc1CSc1nc2ccccc2o1. The van der Waals surface area contributed by atoms with Crippen molar-refractivity contribution in [1.82, 2.24) is 15.0 Å². The molecule has 5 aromatic rings. The first kappa shape index (κ1) is 19.1. The fourth-order valence-corrected chi connectivity index (χ4v) is 4.10. The Morgan fingerprint density at radius 3 is 2.61 bits per heavy atom. The second-order valence-electron chi connectivity index (χ2n) is 6.86. The van der Waals surface area contributed by atoms with Gasteiger partial charge in [-0.2, -0.15) is 0 Å². The van der Waals surface area contributed by atoms with Gasteiger partial charge in [0.2, 0.25) is 0 Å². The Morgan fingerprint density at radius 1 is 1.00 bits per heavy atom. The number of anilines is 1. The summed E-state index contributed by atoms with van der Waals surface area (Å²) in [6.45, 7) is 0. The van der Waals surface area contributed by atoms with Crippen molar-refractivity contribution in [2.45, 2.75) is 11.0 Å². The van der Waals surface area contributed by atoms with Gasteiger partial charge in [-0.25, -0.2) is 9.97 Å². The van der Waals surface area contributed by atoms with Gasteiger partial charge in [0.05, 0.1) is 0 Å². The topological polar surface area (TPSA) is 83.8 Å². The number of nitrogens with zero attached hydrogens (tertiary/aromatic N) is 2. The van der Waals surface area contributed by atoms with Gasteiger partial charge < -0.3 is 14.7 Å². The summed E-state index contributed by atoms with van der Waals surface area (Å²) in [5.74, 6) is 1.22. The number of aromatic nitrogens is 3. The molecule has 0 unspecified atom stereocenters. The van der Waals surface area contributed by atoms with Crippen LogP contribution >= 0.6 is 11.8 Å². The molecule has 0 aliphatic carbocycles. The van der Waals surface area contributed by atoms with E-state index in [-0.39, 0.29) is 5.91 Å². The highest BCUT2D eigenvalue weighted by Crippen LogP contribution is 2.27. The maximum Gasteiger partial charge on any atom is 0.257 e. The highest BCUT2D eigenvalue weighted by atomic mass is 32.2. The number of rotatable bonds is 6. The maximum absolute atomic E-state index is 12.9. The molecule has 0 aliphatic heterocycles. The van der Waals surface area contributed by atoms with Crippen molar-refractivity contribution in [3.63, 3.8) is 0 Å². The van der Waals surface area contributed by atoms with Gasteiger partial charge in [-0.3, -0.25) is 4.79 Å². The van der Waals surface area contributed by atoms with Gasteiger partial charge in [0.1, 0.15) is 11.3 Å². The summed E-state index contributed by atoms with van der Waals surface area (Å²) in [5.41, 5.74) is 4.81. The third kappa shape index (κ3) is 4.22. The van der Waals surface area contributed by atoms with Crippen LogP contribution in [0.1, 0.15) is 15.9 Å². The molecule has 0 saturated heterocycles. The van der Waals surface area contributed by atoms with Crippen molar-refractivity contribution in [2.75, 3.05) is 5.32 Å². The van der Waals surface area contributed by atoms with Crippen molar-refractivity contribution in [3.05, 3.63) is 96.3 Å². The van der Waals surface area contributed by atoms with Crippen LogP contribution in [-0.4, -0.2) is 20.9 Å². The van der Waals surface area contributed by atoms with E-state index in [0.717, 1.165) is 33.7 Å². The summed E-state index contributed by atoms with van der Waals surface area (Å²) < 4.78 is 5.77. The predicted octanol–water partition coefficient (Wildman–Crippen LogP) is 5.76. The molecule has 31 heavy (non-hydrogen) atoms. The van der Waals surface area contributed by atoms with E-state index < -0.39 is 0 Å². The lowest BCUT2D eigenvalue weighted by Gasteiger charge is -2.10. The van der Waals surface area contributed by atoms with E-state index in [9.17, 15) is 4.79 Å². The summed E-state index contributed by atoms with van der Waals surface area (Å²) in [6.07, 6.45) is 3.49. The maximum atomic E-state index is 12.9. The molecule has 6 nitrogen and oxygen atoms in total. The minimum Gasteiger partial charge on any atom is -0.431 e. The van der Waals surface area contributed by atoms with E-state index in [1.165, 1.54) is 11.8 Å². The number of imidazole rings is 1. The highest BCUT2D eigenvalue weighted by molar-refractivity contribution is 7.98. The number of hydrogen-bond donors (Lipinski definition) is 2. The van der Waals surface area contributed by atoms with Crippen LogP contribution in [0.4, 0.5) is 5.69 Å². The van der Waals surface area contributed by atoms with Gasteiger partial charge in [0.15, 0.2) is 5.58 Å². The Hall–Kier alpha value is -3.84. The zero-order chi connectivity index (χ0) is 21.0. The van der Waals surface area contributed by atoms with Crippen molar-refractivity contribution in [3.8, 4) is 11.4 Å². The number of nitrogens with one attached hydrogen (secondary N) is 2. The molecule has 0 spiro atoms. The third-order valence-corrected chi connectivity index (χ3v) is 5.68. The smallest absolute Gasteiger partial charge is 0.257 e. The number of para-hydroxylation sites is 2. The molecule has 3 aromatic carbocycles. The molecule has 7 heteroatoms. The summed E-state index contributed by atoms with van der Waals surface area (Å²) in [6, 6.07) is 22.8. The van der Waals surface area contributed by atoms with Crippen LogP contribution in [0.15, 0.2) is 94.8 Å². The summed E-state index contributed by atoms with van der Waals surface area (Å²) in [5, 5.41) is 3.56. The minimum absolute atomic E-state index is 0.153. The molecule has 152 valence electrons. The van der Waals surface area contributed by atoms with E-state index in [1.807, 2.05) is 72.8 Å². The second-order valence-corrected chi connectivity index (χ2v) is 7.79. The first-order valence-corrected chi connectivity index (χ1v) is 10.7. The molecule has 0 atom stereocenters. The van der Waals surface area contributed by atoms with E-state index in [2.05, 4.69) is 20.3 Å². The average Bonchev–Trinajstić information content (AvgIpc) is 3.48. The lowest BCUT2D eigenvalue weighted by Crippen LogP contribution is -2.14. The van der Waals surface area contributed by atoms with E-state index >= 15 is 0 Å². The standard InChI is InChI=1S/C24H18N4O2S/c29-23(27-18-11-9-16(10-12-18)22-25-13-14-26-22)19-6-2-1-5-17(19)15-31-24-28-20-7-3-4-8-21(20)30-24/h1-14H,15H2,(H,25,26)(H,27,29). The quantitative estimate of drug-likeness (QED) is 0.337. The molecular weight excluding hydrogens is 408 g/mol. The van der Waals surface area contributed by atoms with Gasteiger partial charge in [-0.1, -0.05) is 42.1 Å². The molecule has 2 N–H and O–H groups in total. The molecule has 0 fully saturated rings. The van der Waals surface area contributed by atoms with Crippen LogP contribution in [0, 0.1) is 0 Å². The number of amides is 1. The van der Waals surface area contributed by atoms with Crippen molar-refractivity contribution in [1.29, 1.82) is 0 Å². The summed E-state index contributed by atoms with van der Waals surface area (Å²) in [4.78, 5) is 24.7. The van der Waals surface area contributed by atoms with Crippen LogP contribution in [0.3, 0.4) is 0 Å². The zero-order valence-corrected chi connectivity index (χ0v) is 17.2. The Kier molecular flexibility index (Phi) is 5.24. The van der Waals surface area contributed by atoms with Gasteiger partial charge in [0, 0.05) is 35.0 Å². The number of aromatic amines is 1. The summed E-state index contributed by atoms with van der Waals surface area (Å²) >= 11 is 1.47. The molecule has 0 aliphatic rings. The second kappa shape index (κ2) is 8.49. The lowest BCUT2D eigenvalue weighted by molar-refractivity contribution is 0.102. The van der Waals surface area contributed by atoms with Gasteiger partial charge in [-0.15, -0.1) is 0 Å². The number of fused-ring (bicyclic) bond motifs is 1. The average molecular weight is 427 g/mol. The number of carbonyl (C=O) groups excluding carboxylic acids is 1. The number of oxazole rings is 1. The fraction of sp³-hybridized carbons (Fsp3) is 0.0417. The lowest BCUT2D eigenvalue weighted by atomic mass is 10.1. The Bertz CT molecular complexity index is 1290. The van der Waals surface area contributed by atoms with Crippen LogP contribution in [-0.2, 0) is 5.75 Å². The molecule has 1 amide bonds. The number of benzene rings is 3. The number of thioether (sulfide) groups is 1. The minimum atomic E-state index is -0.153. The first-order chi connectivity index (χ1) is 15.3. The monoisotopic (exact) mass is 426 g/mol. The van der Waals surface area contributed by atoms with Crippen LogP contribution in [0.25, 0.3) is 22.5 Å². The molecule has 0 bridgehead atoms. The van der Waals surface area contributed by atoms with E-state index in [4.69, 9.17) is 4.42 Å². The Balaban J connectivity index is 1.29. The van der Waals surface area contributed by atoms with E-state index in [0.29, 0.717) is 16.5 Å². The molecule has 5 rings (SSSR count).